The lowest BCUT2D eigenvalue weighted by Gasteiger charge is -2.27. The predicted octanol–water partition coefficient (Wildman–Crippen LogP) is 0.616. The molecule has 0 radical (unpaired) electrons. The Morgan fingerprint density at radius 3 is 1.67 bits per heavy atom. The molecule has 3 heteroatoms. The lowest BCUT2D eigenvalue weighted by molar-refractivity contribution is -0.127. The molecule has 2 atom stereocenters. The minimum absolute atomic E-state index is 0.230. The monoisotopic (exact) mass is 168 g/mol. The molecule has 1 aliphatic carbocycles. The molecule has 1 saturated carbocycles. The second kappa shape index (κ2) is 4.14. The Morgan fingerprint density at radius 2 is 1.33 bits per heavy atom. The summed E-state index contributed by atoms with van der Waals surface area (Å²) in [5.41, 5.74) is 0. The van der Waals surface area contributed by atoms with Crippen LogP contribution in [0.4, 0.5) is 0 Å². The van der Waals surface area contributed by atoms with Gasteiger partial charge < -0.3 is 14.4 Å². The van der Waals surface area contributed by atoms with Gasteiger partial charge in [0.05, 0.1) is 0 Å². The maximum atomic E-state index is 10.6. The molecule has 0 aromatic heterocycles. The zero-order valence-corrected chi connectivity index (χ0v) is 6.81. The number of aldehydes is 3. The molecule has 1 rings (SSSR count). The van der Waals surface area contributed by atoms with E-state index < -0.39 is 0 Å². The molecule has 0 aromatic carbocycles. The summed E-state index contributed by atoms with van der Waals surface area (Å²) < 4.78 is 0. The van der Waals surface area contributed by atoms with Crippen LogP contribution in [0, 0.1) is 17.8 Å². The van der Waals surface area contributed by atoms with E-state index >= 15 is 0 Å². The van der Waals surface area contributed by atoms with Crippen molar-refractivity contribution >= 4 is 18.9 Å². The van der Waals surface area contributed by atoms with Crippen LogP contribution < -0.4 is 0 Å². The number of carbonyl (C=O) groups excluding carboxylic acids is 3. The van der Waals surface area contributed by atoms with E-state index in [2.05, 4.69) is 0 Å². The van der Waals surface area contributed by atoms with Crippen LogP contribution in [0.5, 0.6) is 0 Å². The third-order valence-corrected chi connectivity index (χ3v) is 2.57. The highest BCUT2D eigenvalue weighted by Gasteiger charge is 2.32. The number of rotatable bonds is 3. The van der Waals surface area contributed by atoms with E-state index in [0.717, 1.165) is 38.1 Å². The van der Waals surface area contributed by atoms with Crippen LogP contribution in [0.2, 0.25) is 0 Å². The van der Waals surface area contributed by atoms with Crippen LogP contribution in [-0.4, -0.2) is 18.9 Å². The Labute approximate surface area is 71.1 Å². The fourth-order valence-corrected chi connectivity index (χ4v) is 1.81. The molecule has 0 spiro atoms. The molecule has 2 unspecified atom stereocenters. The zero-order valence-electron chi connectivity index (χ0n) is 6.81. The van der Waals surface area contributed by atoms with Gasteiger partial charge in [-0.05, 0) is 12.8 Å². The van der Waals surface area contributed by atoms with Gasteiger partial charge in [0, 0.05) is 17.8 Å². The summed E-state index contributed by atoms with van der Waals surface area (Å²) in [6.07, 6.45) is 4.71. The van der Waals surface area contributed by atoms with Crippen molar-refractivity contribution in [2.45, 2.75) is 19.3 Å². The second-order valence-electron chi connectivity index (χ2n) is 3.24. The third kappa shape index (κ3) is 1.60. The van der Waals surface area contributed by atoms with E-state index in [-0.39, 0.29) is 17.8 Å². The van der Waals surface area contributed by atoms with Crippen LogP contribution in [0.25, 0.3) is 0 Å². The summed E-state index contributed by atoms with van der Waals surface area (Å²) in [6.45, 7) is 0. The van der Waals surface area contributed by atoms with Crippen molar-refractivity contribution in [1.29, 1.82) is 0 Å². The van der Waals surface area contributed by atoms with Gasteiger partial charge in [0.25, 0.3) is 0 Å². The van der Waals surface area contributed by atoms with E-state index in [1.165, 1.54) is 0 Å². The summed E-state index contributed by atoms with van der Waals surface area (Å²) in [4.78, 5) is 31.6. The number of hydrogen-bond acceptors (Lipinski definition) is 3. The van der Waals surface area contributed by atoms with Gasteiger partial charge in [0.2, 0.25) is 0 Å². The Bertz CT molecular complexity index is 172. The molecule has 1 aliphatic rings. The largest absolute Gasteiger partial charge is 0.303 e. The molecule has 3 nitrogen and oxygen atoms in total. The van der Waals surface area contributed by atoms with E-state index in [4.69, 9.17) is 0 Å². The molecule has 12 heavy (non-hydrogen) atoms. The molecule has 0 aliphatic heterocycles. The molecule has 0 bridgehead atoms. The smallest absolute Gasteiger partial charge is 0.124 e. The van der Waals surface area contributed by atoms with Crippen molar-refractivity contribution in [3.63, 3.8) is 0 Å². The number of hydrogen-bond donors (Lipinski definition) is 0. The third-order valence-electron chi connectivity index (χ3n) is 2.57. The van der Waals surface area contributed by atoms with Crippen molar-refractivity contribution in [2.24, 2.45) is 17.8 Å². The Balaban J connectivity index is 2.70. The zero-order chi connectivity index (χ0) is 8.97. The van der Waals surface area contributed by atoms with Crippen LogP contribution in [0.1, 0.15) is 19.3 Å². The van der Waals surface area contributed by atoms with E-state index in [0.29, 0.717) is 0 Å². The van der Waals surface area contributed by atoms with Gasteiger partial charge in [-0.3, -0.25) is 0 Å². The van der Waals surface area contributed by atoms with Crippen molar-refractivity contribution in [3.8, 4) is 0 Å². The SMILES string of the molecule is O=CC1CCCC(C=O)C1C=O. The first-order chi connectivity index (χ1) is 5.83. The van der Waals surface area contributed by atoms with Crippen LogP contribution >= 0.6 is 0 Å². The van der Waals surface area contributed by atoms with Gasteiger partial charge in [0.15, 0.2) is 0 Å². The lowest BCUT2D eigenvalue weighted by Crippen LogP contribution is -2.31. The highest BCUT2D eigenvalue weighted by Crippen LogP contribution is 2.31. The van der Waals surface area contributed by atoms with Gasteiger partial charge in [-0.15, -0.1) is 0 Å². The topological polar surface area (TPSA) is 51.2 Å². The molecular formula is C9H12O3. The molecule has 66 valence electrons. The first-order valence-electron chi connectivity index (χ1n) is 4.19. The normalized spacial score (nSPS) is 35.5. The van der Waals surface area contributed by atoms with E-state index in [1.54, 1.807) is 0 Å². The predicted molar refractivity (Wildman–Crippen MR) is 42.5 cm³/mol. The van der Waals surface area contributed by atoms with Crippen molar-refractivity contribution in [2.75, 3.05) is 0 Å². The van der Waals surface area contributed by atoms with Gasteiger partial charge in [-0.1, -0.05) is 6.42 Å². The molecule has 0 saturated heterocycles. The van der Waals surface area contributed by atoms with Gasteiger partial charge in [0.1, 0.15) is 18.9 Å². The quantitative estimate of drug-likeness (QED) is 0.580. The Kier molecular flexibility index (Phi) is 3.14. The van der Waals surface area contributed by atoms with Crippen LogP contribution in [-0.2, 0) is 14.4 Å². The van der Waals surface area contributed by atoms with Crippen molar-refractivity contribution in [1.82, 2.24) is 0 Å². The van der Waals surface area contributed by atoms with Gasteiger partial charge >= 0.3 is 0 Å². The fraction of sp³-hybridized carbons (Fsp3) is 0.667. The highest BCUT2D eigenvalue weighted by molar-refractivity contribution is 5.71. The maximum Gasteiger partial charge on any atom is 0.124 e. The molecule has 1 fully saturated rings. The van der Waals surface area contributed by atoms with Crippen LogP contribution in [0.15, 0.2) is 0 Å². The summed E-state index contributed by atoms with van der Waals surface area (Å²) >= 11 is 0. The minimum Gasteiger partial charge on any atom is -0.303 e. The van der Waals surface area contributed by atoms with Crippen LogP contribution in [0.3, 0.4) is 0 Å². The van der Waals surface area contributed by atoms with E-state index in [9.17, 15) is 14.4 Å². The summed E-state index contributed by atoms with van der Waals surface area (Å²) in [6, 6.07) is 0. The highest BCUT2D eigenvalue weighted by atomic mass is 16.1. The Morgan fingerprint density at radius 1 is 0.833 bits per heavy atom. The molecule has 0 heterocycles. The summed E-state index contributed by atoms with van der Waals surface area (Å²) in [5.74, 6) is -0.827. The molecular weight excluding hydrogens is 156 g/mol. The first kappa shape index (κ1) is 9.10. The van der Waals surface area contributed by atoms with Crippen molar-refractivity contribution in [3.05, 3.63) is 0 Å². The number of carbonyl (C=O) groups is 3. The second-order valence-corrected chi connectivity index (χ2v) is 3.24. The molecule has 0 aromatic rings. The standard InChI is InChI=1S/C9H12O3/c10-4-7-2-1-3-8(5-11)9(7)6-12/h4-9H,1-3H2. The summed E-state index contributed by atoms with van der Waals surface area (Å²) in [7, 11) is 0. The Hall–Kier alpha value is -0.990. The molecule has 0 N–H and O–H groups in total. The maximum absolute atomic E-state index is 10.6. The van der Waals surface area contributed by atoms with E-state index in [1.807, 2.05) is 0 Å². The lowest BCUT2D eigenvalue weighted by atomic mass is 9.74. The first-order valence-corrected chi connectivity index (χ1v) is 4.19. The fourth-order valence-electron chi connectivity index (χ4n) is 1.81. The van der Waals surface area contributed by atoms with Gasteiger partial charge in [-0.2, -0.15) is 0 Å². The average molecular weight is 168 g/mol. The minimum atomic E-state index is -0.367. The van der Waals surface area contributed by atoms with Crippen molar-refractivity contribution < 1.29 is 14.4 Å². The average Bonchev–Trinajstić information content (AvgIpc) is 2.16. The molecule has 0 amide bonds. The summed E-state index contributed by atoms with van der Waals surface area (Å²) in [5, 5.41) is 0. The van der Waals surface area contributed by atoms with Gasteiger partial charge in [-0.25, -0.2) is 0 Å².